The highest BCUT2D eigenvalue weighted by atomic mass is 32.2. The van der Waals surface area contributed by atoms with Crippen LogP contribution in [-0.2, 0) is 16.6 Å². The first-order valence-electron chi connectivity index (χ1n) is 9.14. The van der Waals surface area contributed by atoms with Gasteiger partial charge in [-0.25, -0.2) is 18.1 Å². The number of ether oxygens (including phenoxy) is 2. The van der Waals surface area contributed by atoms with E-state index in [2.05, 4.69) is 14.4 Å². The number of sulfonamides is 1. The van der Waals surface area contributed by atoms with E-state index in [-0.39, 0.29) is 23.5 Å². The molecule has 0 aliphatic rings. The minimum atomic E-state index is -4.87. The molecule has 2 aromatic carbocycles. The summed E-state index contributed by atoms with van der Waals surface area (Å²) < 4.78 is 73.5. The molecular weight excluding hydrogens is 451 g/mol. The lowest BCUT2D eigenvalue weighted by atomic mass is 10.1. The molecule has 0 aliphatic carbocycles. The van der Waals surface area contributed by atoms with Gasteiger partial charge in [-0.2, -0.15) is 0 Å². The maximum Gasteiger partial charge on any atom is 0.573 e. The highest BCUT2D eigenvalue weighted by Gasteiger charge is 2.31. The third-order valence-corrected chi connectivity index (χ3v) is 5.75. The molecule has 0 fully saturated rings. The average molecular weight is 469 g/mol. The highest BCUT2D eigenvalue weighted by molar-refractivity contribution is 7.89. The van der Waals surface area contributed by atoms with E-state index in [0.29, 0.717) is 17.0 Å². The molecule has 0 atom stereocenters. The first-order chi connectivity index (χ1) is 15.1. The van der Waals surface area contributed by atoms with Crippen LogP contribution in [-0.4, -0.2) is 38.0 Å². The molecule has 1 N–H and O–H groups in total. The van der Waals surface area contributed by atoms with Gasteiger partial charge in [0.15, 0.2) is 0 Å². The zero-order valence-corrected chi connectivity index (χ0v) is 17.5. The lowest BCUT2D eigenvalue weighted by molar-refractivity contribution is -0.274. The van der Waals surface area contributed by atoms with E-state index in [1.165, 1.54) is 17.0 Å². The van der Waals surface area contributed by atoms with E-state index in [1.54, 1.807) is 31.4 Å². The number of nitrogens with zero attached hydrogens (tertiary/aromatic N) is 2. The minimum absolute atomic E-state index is 0.00320. The summed E-state index contributed by atoms with van der Waals surface area (Å²) in [5, 5.41) is 0. The Morgan fingerprint density at radius 3 is 2.22 bits per heavy atom. The predicted octanol–water partition coefficient (Wildman–Crippen LogP) is 2.80. The number of rotatable bonds is 8. The van der Waals surface area contributed by atoms with Crippen LogP contribution >= 0.6 is 0 Å². The van der Waals surface area contributed by atoms with E-state index < -0.39 is 22.1 Å². The topological polar surface area (TPSA) is 99.5 Å². The number of aromatic nitrogens is 2. The van der Waals surface area contributed by atoms with Crippen LogP contribution in [0.1, 0.15) is 0 Å². The van der Waals surface area contributed by atoms with Gasteiger partial charge in [0.25, 0.3) is 5.56 Å². The van der Waals surface area contributed by atoms with Crippen LogP contribution in [0.3, 0.4) is 0 Å². The molecule has 0 radical (unpaired) electrons. The van der Waals surface area contributed by atoms with Crippen molar-refractivity contribution >= 4 is 10.0 Å². The van der Waals surface area contributed by atoms with Gasteiger partial charge in [-0.15, -0.1) is 13.2 Å². The fourth-order valence-corrected chi connectivity index (χ4v) is 3.74. The van der Waals surface area contributed by atoms with Crippen molar-refractivity contribution in [2.75, 3.05) is 13.7 Å². The van der Waals surface area contributed by atoms with Gasteiger partial charge in [-0.05, 0) is 48.5 Å². The summed E-state index contributed by atoms with van der Waals surface area (Å²) in [6.07, 6.45) is -3.57. The molecule has 32 heavy (non-hydrogen) atoms. The molecule has 0 amide bonds. The number of alkyl halides is 3. The summed E-state index contributed by atoms with van der Waals surface area (Å²) >= 11 is 0. The molecule has 3 aromatic rings. The summed E-state index contributed by atoms with van der Waals surface area (Å²) in [6, 6.07) is 12.1. The fraction of sp³-hybridized carbons (Fsp3) is 0.200. The van der Waals surface area contributed by atoms with Crippen molar-refractivity contribution in [2.24, 2.45) is 0 Å². The Hall–Kier alpha value is -3.38. The fourth-order valence-electron chi connectivity index (χ4n) is 2.72. The second kappa shape index (κ2) is 9.40. The van der Waals surface area contributed by atoms with E-state index in [0.717, 1.165) is 24.3 Å². The van der Waals surface area contributed by atoms with Crippen LogP contribution in [0.2, 0.25) is 0 Å². The van der Waals surface area contributed by atoms with Gasteiger partial charge in [0.2, 0.25) is 10.0 Å². The predicted molar refractivity (Wildman–Crippen MR) is 109 cm³/mol. The molecule has 170 valence electrons. The first-order valence-corrected chi connectivity index (χ1v) is 10.6. The Labute approximate surface area is 181 Å². The first kappa shape index (κ1) is 23.3. The molecule has 0 bridgehead atoms. The molecule has 8 nitrogen and oxygen atoms in total. The summed E-state index contributed by atoms with van der Waals surface area (Å²) in [5.74, 6) is 0.128. The molecule has 0 saturated heterocycles. The van der Waals surface area contributed by atoms with Crippen LogP contribution < -0.4 is 19.8 Å². The monoisotopic (exact) mass is 469 g/mol. The molecule has 12 heteroatoms. The quantitative estimate of drug-likeness (QED) is 0.545. The van der Waals surface area contributed by atoms with Crippen molar-refractivity contribution in [3.05, 3.63) is 71.3 Å². The van der Waals surface area contributed by atoms with Crippen molar-refractivity contribution < 1.29 is 31.1 Å². The second-order valence-electron chi connectivity index (χ2n) is 6.45. The smallest absolute Gasteiger partial charge is 0.497 e. The van der Waals surface area contributed by atoms with Crippen molar-refractivity contribution in [3.63, 3.8) is 0 Å². The van der Waals surface area contributed by atoms with Crippen molar-refractivity contribution in [1.29, 1.82) is 0 Å². The van der Waals surface area contributed by atoms with Crippen LogP contribution in [0.25, 0.3) is 11.3 Å². The minimum Gasteiger partial charge on any atom is -0.497 e. The Morgan fingerprint density at radius 2 is 1.66 bits per heavy atom. The molecule has 0 unspecified atom stereocenters. The number of nitrogens with one attached hydrogen (secondary N) is 1. The highest BCUT2D eigenvalue weighted by Crippen LogP contribution is 2.24. The standard InChI is InChI=1S/C20H18F3N3O5S/c1-30-15-4-2-14(3-5-15)18-12-19(27)26(13-24-18)11-10-25-32(28,29)17-8-6-16(7-9-17)31-20(21,22)23/h2-9,12-13,25H,10-11H2,1H3. The number of methoxy groups -OCH3 is 1. The molecule has 0 saturated carbocycles. The molecule has 0 spiro atoms. The van der Waals surface area contributed by atoms with E-state index in [4.69, 9.17) is 4.74 Å². The van der Waals surface area contributed by atoms with Crippen molar-refractivity contribution in [3.8, 4) is 22.8 Å². The van der Waals surface area contributed by atoms with Crippen LogP contribution in [0, 0.1) is 0 Å². The Morgan fingerprint density at radius 1 is 1.03 bits per heavy atom. The normalized spacial score (nSPS) is 11.9. The Balaban J connectivity index is 1.62. The number of halogens is 3. The van der Waals surface area contributed by atoms with Gasteiger partial charge in [0, 0.05) is 24.7 Å². The molecular formula is C20H18F3N3O5S. The summed E-state index contributed by atoms with van der Waals surface area (Å²) in [7, 11) is -2.45. The Kier molecular flexibility index (Phi) is 6.84. The van der Waals surface area contributed by atoms with Gasteiger partial charge >= 0.3 is 6.36 Å². The van der Waals surface area contributed by atoms with Gasteiger partial charge in [-0.1, -0.05) is 0 Å². The van der Waals surface area contributed by atoms with E-state index in [1.807, 2.05) is 0 Å². The molecule has 1 heterocycles. The maximum atomic E-state index is 12.3. The lowest BCUT2D eigenvalue weighted by Crippen LogP contribution is -2.30. The average Bonchev–Trinajstić information content (AvgIpc) is 2.74. The van der Waals surface area contributed by atoms with Crippen molar-refractivity contribution in [1.82, 2.24) is 14.3 Å². The number of benzene rings is 2. The van der Waals surface area contributed by atoms with Gasteiger partial charge in [-0.3, -0.25) is 9.36 Å². The largest absolute Gasteiger partial charge is 0.573 e. The lowest BCUT2D eigenvalue weighted by Gasteiger charge is -2.11. The SMILES string of the molecule is COc1ccc(-c2cc(=O)n(CCNS(=O)(=O)c3ccc(OC(F)(F)F)cc3)cn2)cc1. The maximum absolute atomic E-state index is 12.3. The number of hydrogen-bond donors (Lipinski definition) is 1. The summed E-state index contributed by atoms with van der Waals surface area (Å²) in [6.45, 7) is -0.129. The molecule has 0 aliphatic heterocycles. The van der Waals surface area contributed by atoms with Crippen molar-refractivity contribution in [2.45, 2.75) is 17.8 Å². The summed E-state index contributed by atoms with van der Waals surface area (Å²) in [4.78, 5) is 16.3. The summed E-state index contributed by atoms with van der Waals surface area (Å²) in [5.41, 5.74) is 0.794. The van der Waals surface area contributed by atoms with E-state index in [9.17, 15) is 26.4 Å². The Bertz CT molecular complexity index is 1230. The zero-order chi connectivity index (χ0) is 23.4. The van der Waals surface area contributed by atoms with Crippen LogP contribution in [0.4, 0.5) is 13.2 Å². The molecule has 3 rings (SSSR count). The van der Waals surface area contributed by atoms with Crippen LogP contribution in [0.5, 0.6) is 11.5 Å². The zero-order valence-electron chi connectivity index (χ0n) is 16.7. The van der Waals surface area contributed by atoms with Gasteiger partial charge in [0.05, 0.1) is 24.0 Å². The van der Waals surface area contributed by atoms with Crippen LogP contribution in [0.15, 0.2) is 70.6 Å². The third-order valence-electron chi connectivity index (χ3n) is 4.28. The van der Waals surface area contributed by atoms with Gasteiger partial charge < -0.3 is 9.47 Å². The van der Waals surface area contributed by atoms with Gasteiger partial charge in [0.1, 0.15) is 11.5 Å². The van der Waals surface area contributed by atoms with E-state index >= 15 is 0 Å². The second-order valence-corrected chi connectivity index (χ2v) is 8.22. The molecule has 1 aromatic heterocycles. The number of hydrogen-bond acceptors (Lipinski definition) is 6. The third kappa shape index (κ3) is 6.08.